The molecule has 0 N–H and O–H groups in total. The number of pyridine rings is 3. The van der Waals surface area contributed by atoms with Crippen molar-refractivity contribution in [2.75, 3.05) is 0 Å². The Morgan fingerprint density at radius 2 is 1.08 bits per heavy atom. The van der Waals surface area contributed by atoms with E-state index in [1.165, 1.54) is 16.7 Å². The summed E-state index contributed by atoms with van der Waals surface area (Å²) in [4.78, 5) is 14.1. The van der Waals surface area contributed by atoms with Gasteiger partial charge in [0.2, 0.25) is 5.71 Å². The summed E-state index contributed by atoms with van der Waals surface area (Å²) in [5, 5.41) is 2.06. The molecule has 5 aromatic carbocycles. The standard InChI is InChI=1S/C46H31N3O/c1-30-17-20-41-42-27-37(19-22-45(42)50-46(41)49-30)43-21-18-38(29-48-43)34-13-7-11-32(25-34)33-12-8-14-35(26-33)39-15-5-6-16-40(39)36-23-24-47-44(28-36)31-9-3-2-4-10-31/h2-29H,1H3. The van der Waals surface area contributed by atoms with Gasteiger partial charge in [0.1, 0.15) is 5.58 Å². The average molecular weight is 642 g/mol. The fraction of sp³-hybridized carbons (Fsp3) is 0.0217. The maximum absolute atomic E-state index is 5.99. The van der Waals surface area contributed by atoms with Gasteiger partial charge in [0.15, 0.2) is 0 Å². The Hall–Kier alpha value is -6.65. The third kappa shape index (κ3) is 5.53. The van der Waals surface area contributed by atoms with Crippen LogP contribution >= 0.6 is 0 Å². The zero-order valence-corrected chi connectivity index (χ0v) is 27.4. The number of fused-ring (bicyclic) bond motifs is 3. The summed E-state index contributed by atoms with van der Waals surface area (Å²) in [7, 11) is 0. The van der Waals surface area contributed by atoms with Crippen LogP contribution in [0.2, 0.25) is 0 Å². The molecule has 9 aromatic rings. The third-order valence-corrected chi connectivity index (χ3v) is 9.31. The Balaban J connectivity index is 1.01. The highest BCUT2D eigenvalue weighted by atomic mass is 16.3. The first kappa shape index (κ1) is 29.5. The molecule has 0 aliphatic heterocycles. The molecule has 0 bridgehead atoms. The highest BCUT2D eigenvalue weighted by Crippen LogP contribution is 2.36. The molecule has 0 aliphatic rings. The monoisotopic (exact) mass is 641 g/mol. The molecule has 0 fully saturated rings. The lowest BCUT2D eigenvalue weighted by molar-refractivity contribution is 0.652. The van der Waals surface area contributed by atoms with Crippen molar-refractivity contribution in [3.05, 3.63) is 176 Å². The van der Waals surface area contributed by atoms with Gasteiger partial charge in [0.25, 0.3) is 0 Å². The molecule has 4 heterocycles. The molecule has 9 rings (SSSR count). The number of benzene rings is 5. The van der Waals surface area contributed by atoms with E-state index in [0.717, 1.165) is 72.4 Å². The van der Waals surface area contributed by atoms with E-state index in [1.807, 2.05) is 49.6 Å². The summed E-state index contributed by atoms with van der Waals surface area (Å²) >= 11 is 0. The normalized spacial score (nSPS) is 11.3. The molecule has 0 atom stereocenters. The number of furan rings is 1. The number of nitrogens with zero attached hydrogens (tertiary/aromatic N) is 3. The summed E-state index contributed by atoms with van der Waals surface area (Å²) in [5.41, 5.74) is 15.6. The first-order valence-corrected chi connectivity index (χ1v) is 16.7. The van der Waals surface area contributed by atoms with Crippen molar-refractivity contribution in [1.82, 2.24) is 15.0 Å². The number of aryl methyl sites for hydroxylation is 1. The third-order valence-electron chi connectivity index (χ3n) is 9.31. The van der Waals surface area contributed by atoms with Crippen molar-refractivity contribution in [3.63, 3.8) is 0 Å². The van der Waals surface area contributed by atoms with Crippen LogP contribution in [0, 0.1) is 6.92 Å². The van der Waals surface area contributed by atoms with Crippen LogP contribution < -0.4 is 0 Å². The molecule has 0 aliphatic carbocycles. The Bertz CT molecular complexity index is 2660. The van der Waals surface area contributed by atoms with Gasteiger partial charge in [0, 0.05) is 45.6 Å². The second-order valence-electron chi connectivity index (χ2n) is 12.6. The van der Waals surface area contributed by atoms with Crippen molar-refractivity contribution in [3.8, 4) is 67.0 Å². The van der Waals surface area contributed by atoms with Gasteiger partial charge in [-0.2, -0.15) is 0 Å². The van der Waals surface area contributed by atoms with E-state index in [1.54, 1.807) is 0 Å². The minimum Gasteiger partial charge on any atom is -0.438 e. The SMILES string of the molecule is Cc1ccc2c(n1)oc1ccc(-c3ccc(-c4cccc(-c5cccc(-c6ccccc6-c6ccnc(-c7ccccc7)c6)c5)c4)cn3)cc12. The van der Waals surface area contributed by atoms with Crippen LogP contribution in [0.25, 0.3) is 89.1 Å². The largest absolute Gasteiger partial charge is 0.438 e. The van der Waals surface area contributed by atoms with Crippen LogP contribution in [0.3, 0.4) is 0 Å². The molecule has 236 valence electrons. The van der Waals surface area contributed by atoms with Gasteiger partial charge in [0.05, 0.1) is 11.4 Å². The van der Waals surface area contributed by atoms with E-state index in [0.29, 0.717) is 5.71 Å². The predicted molar refractivity (Wildman–Crippen MR) is 204 cm³/mol. The maximum atomic E-state index is 5.99. The van der Waals surface area contributed by atoms with Crippen LogP contribution in [0.1, 0.15) is 5.69 Å². The van der Waals surface area contributed by atoms with Crippen molar-refractivity contribution in [2.45, 2.75) is 6.92 Å². The predicted octanol–water partition coefficient (Wildman–Crippen LogP) is 12.1. The van der Waals surface area contributed by atoms with Crippen LogP contribution in [-0.2, 0) is 0 Å². The van der Waals surface area contributed by atoms with Crippen LogP contribution in [0.5, 0.6) is 0 Å². The average Bonchev–Trinajstić information content (AvgIpc) is 3.55. The molecular formula is C46H31N3O. The van der Waals surface area contributed by atoms with Crippen molar-refractivity contribution >= 4 is 22.1 Å². The molecule has 4 aromatic heterocycles. The zero-order valence-electron chi connectivity index (χ0n) is 27.4. The Kier molecular flexibility index (Phi) is 7.33. The lowest BCUT2D eigenvalue weighted by Gasteiger charge is -2.13. The molecule has 4 heteroatoms. The van der Waals surface area contributed by atoms with Gasteiger partial charge in [-0.05, 0) is 107 Å². The fourth-order valence-electron chi connectivity index (χ4n) is 6.74. The Morgan fingerprint density at radius 3 is 1.84 bits per heavy atom. The van der Waals surface area contributed by atoms with Gasteiger partial charge < -0.3 is 4.42 Å². The van der Waals surface area contributed by atoms with Crippen LogP contribution in [0.15, 0.2) is 175 Å². The molecule has 4 nitrogen and oxygen atoms in total. The van der Waals surface area contributed by atoms with Gasteiger partial charge in [-0.25, -0.2) is 4.98 Å². The quantitative estimate of drug-likeness (QED) is 0.181. The molecule has 0 amide bonds. The van der Waals surface area contributed by atoms with Crippen LogP contribution in [-0.4, -0.2) is 15.0 Å². The minimum atomic E-state index is 0.668. The molecule has 0 radical (unpaired) electrons. The lowest BCUT2D eigenvalue weighted by atomic mass is 9.92. The lowest BCUT2D eigenvalue weighted by Crippen LogP contribution is -1.89. The summed E-state index contributed by atoms with van der Waals surface area (Å²) in [6.45, 7) is 1.97. The highest BCUT2D eigenvalue weighted by Gasteiger charge is 2.13. The number of hydrogen-bond acceptors (Lipinski definition) is 4. The molecule has 0 spiro atoms. The van der Waals surface area contributed by atoms with Gasteiger partial charge in [-0.1, -0.05) is 97.1 Å². The van der Waals surface area contributed by atoms with Crippen LogP contribution in [0.4, 0.5) is 0 Å². The topological polar surface area (TPSA) is 51.8 Å². The van der Waals surface area contributed by atoms with Crippen molar-refractivity contribution in [1.29, 1.82) is 0 Å². The molecule has 50 heavy (non-hydrogen) atoms. The highest BCUT2D eigenvalue weighted by molar-refractivity contribution is 6.05. The summed E-state index contributed by atoms with van der Waals surface area (Å²) in [6.07, 6.45) is 3.86. The number of aromatic nitrogens is 3. The van der Waals surface area contributed by atoms with Crippen molar-refractivity contribution in [2.24, 2.45) is 0 Å². The molecule has 0 saturated heterocycles. The summed E-state index contributed by atoms with van der Waals surface area (Å²) < 4.78 is 5.99. The smallest absolute Gasteiger partial charge is 0.227 e. The Labute approximate surface area is 290 Å². The Morgan fingerprint density at radius 1 is 0.420 bits per heavy atom. The maximum Gasteiger partial charge on any atom is 0.227 e. The first-order chi connectivity index (χ1) is 24.7. The van der Waals surface area contributed by atoms with Gasteiger partial charge in [-0.15, -0.1) is 0 Å². The second-order valence-corrected chi connectivity index (χ2v) is 12.6. The molecular weight excluding hydrogens is 611 g/mol. The van der Waals surface area contributed by atoms with E-state index in [9.17, 15) is 0 Å². The summed E-state index contributed by atoms with van der Waals surface area (Å²) in [5.74, 6) is 0. The minimum absolute atomic E-state index is 0.668. The van der Waals surface area contributed by atoms with E-state index >= 15 is 0 Å². The van der Waals surface area contributed by atoms with E-state index in [-0.39, 0.29) is 0 Å². The fourth-order valence-corrected chi connectivity index (χ4v) is 6.74. The van der Waals surface area contributed by atoms with Gasteiger partial charge in [-0.3, -0.25) is 9.97 Å². The zero-order chi connectivity index (χ0) is 33.4. The second kappa shape index (κ2) is 12.4. The molecule has 0 unspecified atom stereocenters. The molecule has 0 saturated carbocycles. The van der Waals surface area contributed by atoms with E-state index < -0.39 is 0 Å². The number of hydrogen-bond donors (Lipinski definition) is 0. The van der Waals surface area contributed by atoms with E-state index in [4.69, 9.17) is 9.40 Å². The van der Waals surface area contributed by atoms with Gasteiger partial charge >= 0.3 is 0 Å². The van der Waals surface area contributed by atoms with Crippen molar-refractivity contribution < 1.29 is 4.42 Å². The summed E-state index contributed by atoms with van der Waals surface area (Å²) in [6, 6.07) is 55.2. The van der Waals surface area contributed by atoms with E-state index in [2.05, 4.69) is 137 Å². The number of rotatable bonds is 6. The first-order valence-electron chi connectivity index (χ1n) is 16.7.